The summed E-state index contributed by atoms with van der Waals surface area (Å²) in [6.45, 7) is 8.69. The average molecular weight is 543 g/mol. The molecule has 192 valence electrons. The van der Waals surface area contributed by atoms with Crippen molar-refractivity contribution in [1.82, 2.24) is 10.2 Å². The van der Waals surface area contributed by atoms with E-state index in [4.69, 9.17) is 23.2 Å². The molecule has 0 aliphatic heterocycles. The topological polar surface area (TPSA) is 86.8 Å². The van der Waals surface area contributed by atoms with Gasteiger partial charge in [0.2, 0.25) is 21.8 Å². The molecule has 10 heteroatoms. The SMILES string of the molecule is CC(C)NC(=O)[C@@H](C)N(Cc1ccc(Cl)cc1Cl)C(=O)CN(c1ccccc1C(C)C)S(C)(=O)=O. The molecule has 35 heavy (non-hydrogen) atoms. The van der Waals surface area contributed by atoms with Crippen LogP contribution in [0.5, 0.6) is 0 Å². The van der Waals surface area contributed by atoms with E-state index in [0.717, 1.165) is 16.1 Å². The molecule has 2 amide bonds. The summed E-state index contributed by atoms with van der Waals surface area (Å²) in [6.07, 6.45) is 1.06. The van der Waals surface area contributed by atoms with Crippen LogP contribution in [0.2, 0.25) is 10.0 Å². The van der Waals surface area contributed by atoms with Crippen LogP contribution in [0.15, 0.2) is 42.5 Å². The summed E-state index contributed by atoms with van der Waals surface area (Å²) >= 11 is 12.4. The van der Waals surface area contributed by atoms with E-state index in [1.807, 2.05) is 39.8 Å². The second-order valence-corrected chi connectivity index (χ2v) is 11.8. The first-order valence-electron chi connectivity index (χ1n) is 11.3. The van der Waals surface area contributed by atoms with Gasteiger partial charge in [-0.15, -0.1) is 0 Å². The van der Waals surface area contributed by atoms with Gasteiger partial charge in [-0.2, -0.15) is 0 Å². The molecule has 2 rings (SSSR count). The van der Waals surface area contributed by atoms with Gasteiger partial charge in [0.1, 0.15) is 12.6 Å². The van der Waals surface area contributed by atoms with Gasteiger partial charge < -0.3 is 10.2 Å². The minimum absolute atomic E-state index is 0.00491. The predicted octanol–water partition coefficient (Wildman–Crippen LogP) is 4.82. The smallest absolute Gasteiger partial charge is 0.244 e. The van der Waals surface area contributed by atoms with Crippen molar-refractivity contribution in [3.05, 3.63) is 63.6 Å². The van der Waals surface area contributed by atoms with Crippen LogP contribution >= 0.6 is 23.2 Å². The third-order valence-electron chi connectivity index (χ3n) is 5.46. The van der Waals surface area contributed by atoms with Crippen LogP contribution in [0.1, 0.15) is 51.7 Å². The molecule has 0 saturated heterocycles. The molecule has 0 aliphatic rings. The van der Waals surface area contributed by atoms with Crippen molar-refractivity contribution >= 4 is 50.7 Å². The lowest BCUT2D eigenvalue weighted by atomic mass is 10.0. The van der Waals surface area contributed by atoms with Gasteiger partial charge in [-0.25, -0.2) is 8.42 Å². The molecule has 0 bridgehead atoms. The lowest BCUT2D eigenvalue weighted by Crippen LogP contribution is -2.52. The maximum atomic E-state index is 13.6. The van der Waals surface area contributed by atoms with Crippen molar-refractivity contribution in [2.75, 3.05) is 17.1 Å². The summed E-state index contributed by atoms with van der Waals surface area (Å²) in [5, 5.41) is 3.59. The van der Waals surface area contributed by atoms with Crippen LogP contribution in [0, 0.1) is 0 Å². The zero-order valence-electron chi connectivity index (χ0n) is 20.9. The molecule has 7 nitrogen and oxygen atoms in total. The zero-order valence-corrected chi connectivity index (χ0v) is 23.2. The summed E-state index contributed by atoms with van der Waals surface area (Å²) in [7, 11) is -3.81. The van der Waals surface area contributed by atoms with Crippen molar-refractivity contribution in [1.29, 1.82) is 0 Å². The van der Waals surface area contributed by atoms with E-state index in [-0.39, 0.29) is 24.4 Å². The van der Waals surface area contributed by atoms with E-state index in [9.17, 15) is 18.0 Å². The van der Waals surface area contributed by atoms with Gasteiger partial charge in [0.25, 0.3) is 0 Å². The first-order valence-corrected chi connectivity index (χ1v) is 13.9. The van der Waals surface area contributed by atoms with E-state index >= 15 is 0 Å². The molecule has 1 N–H and O–H groups in total. The fourth-order valence-electron chi connectivity index (χ4n) is 3.62. The molecule has 0 aromatic heterocycles. The van der Waals surface area contributed by atoms with Crippen molar-refractivity contribution in [3.63, 3.8) is 0 Å². The van der Waals surface area contributed by atoms with Gasteiger partial charge in [-0.05, 0) is 56.0 Å². The molecule has 0 heterocycles. The Morgan fingerprint density at radius 3 is 2.17 bits per heavy atom. The van der Waals surface area contributed by atoms with Crippen molar-refractivity contribution < 1.29 is 18.0 Å². The normalized spacial score (nSPS) is 12.5. The number of anilines is 1. The number of benzene rings is 2. The number of rotatable bonds is 10. The molecule has 0 spiro atoms. The molecule has 0 fully saturated rings. The fourth-order valence-corrected chi connectivity index (χ4v) is 4.96. The van der Waals surface area contributed by atoms with Crippen LogP contribution in [-0.4, -0.2) is 50.0 Å². The number of sulfonamides is 1. The summed E-state index contributed by atoms with van der Waals surface area (Å²) in [6, 6.07) is 11.0. The van der Waals surface area contributed by atoms with Gasteiger partial charge in [0.05, 0.1) is 11.9 Å². The summed E-state index contributed by atoms with van der Waals surface area (Å²) < 4.78 is 26.7. The molecule has 0 unspecified atom stereocenters. The third kappa shape index (κ3) is 7.85. The largest absolute Gasteiger partial charge is 0.352 e. The highest BCUT2D eigenvalue weighted by atomic mass is 35.5. The lowest BCUT2D eigenvalue weighted by molar-refractivity contribution is -0.139. The Morgan fingerprint density at radius 1 is 1.00 bits per heavy atom. The van der Waals surface area contributed by atoms with Crippen LogP contribution in [-0.2, 0) is 26.2 Å². The van der Waals surface area contributed by atoms with Gasteiger partial charge in [-0.3, -0.25) is 13.9 Å². The fraction of sp³-hybridized carbons (Fsp3) is 0.440. The molecule has 0 radical (unpaired) electrons. The maximum absolute atomic E-state index is 13.6. The van der Waals surface area contributed by atoms with E-state index in [2.05, 4.69) is 5.32 Å². The quantitative estimate of drug-likeness (QED) is 0.466. The molecule has 2 aromatic rings. The number of carbonyl (C=O) groups excluding carboxylic acids is 2. The van der Waals surface area contributed by atoms with Crippen LogP contribution < -0.4 is 9.62 Å². The summed E-state index contributed by atoms with van der Waals surface area (Å²) in [5.41, 5.74) is 1.81. The first-order chi connectivity index (χ1) is 16.2. The molecule has 1 atom stereocenters. The minimum Gasteiger partial charge on any atom is -0.352 e. The Hall–Kier alpha value is -2.29. The van der Waals surface area contributed by atoms with Crippen molar-refractivity contribution in [2.24, 2.45) is 0 Å². The highest BCUT2D eigenvalue weighted by Gasteiger charge is 2.31. The number of halogens is 2. The van der Waals surface area contributed by atoms with Crippen molar-refractivity contribution in [3.8, 4) is 0 Å². The van der Waals surface area contributed by atoms with Gasteiger partial charge in [0, 0.05) is 22.6 Å². The minimum atomic E-state index is -3.81. The molecular formula is C25H33Cl2N3O4S. The van der Waals surface area contributed by atoms with Gasteiger partial charge in [0.15, 0.2) is 0 Å². The highest BCUT2D eigenvalue weighted by molar-refractivity contribution is 7.92. The van der Waals surface area contributed by atoms with E-state index in [1.54, 1.807) is 37.3 Å². The Balaban J connectivity index is 2.49. The van der Waals surface area contributed by atoms with Crippen molar-refractivity contribution in [2.45, 2.75) is 59.2 Å². The third-order valence-corrected chi connectivity index (χ3v) is 7.17. The number of para-hydroxylation sites is 1. The van der Waals surface area contributed by atoms with Crippen LogP contribution in [0.25, 0.3) is 0 Å². The summed E-state index contributed by atoms with van der Waals surface area (Å²) in [4.78, 5) is 27.8. The predicted molar refractivity (Wildman–Crippen MR) is 142 cm³/mol. The first kappa shape index (κ1) is 28.9. The molecule has 0 aliphatic carbocycles. The number of amides is 2. The monoisotopic (exact) mass is 541 g/mol. The molecular weight excluding hydrogens is 509 g/mol. The highest BCUT2D eigenvalue weighted by Crippen LogP contribution is 2.29. The Labute approximate surface area is 218 Å². The number of carbonyl (C=O) groups is 2. The van der Waals surface area contributed by atoms with E-state index < -0.39 is 28.5 Å². The number of nitrogens with zero attached hydrogens (tertiary/aromatic N) is 2. The van der Waals surface area contributed by atoms with Gasteiger partial charge >= 0.3 is 0 Å². The zero-order chi connectivity index (χ0) is 26.5. The lowest BCUT2D eigenvalue weighted by Gasteiger charge is -2.32. The van der Waals surface area contributed by atoms with Gasteiger partial charge in [-0.1, -0.05) is 61.3 Å². The van der Waals surface area contributed by atoms with E-state index in [0.29, 0.717) is 21.3 Å². The Kier molecular flexibility index (Phi) is 10.0. The molecule has 2 aromatic carbocycles. The number of nitrogens with one attached hydrogen (secondary N) is 1. The Morgan fingerprint density at radius 2 is 1.63 bits per heavy atom. The molecule has 0 saturated carbocycles. The summed E-state index contributed by atoms with van der Waals surface area (Å²) in [5.74, 6) is -0.858. The van der Waals surface area contributed by atoms with Crippen LogP contribution in [0.3, 0.4) is 0 Å². The average Bonchev–Trinajstić information content (AvgIpc) is 2.75. The van der Waals surface area contributed by atoms with E-state index in [1.165, 1.54) is 4.90 Å². The number of hydrogen-bond donors (Lipinski definition) is 1. The number of hydrogen-bond acceptors (Lipinski definition) is 4. The second-order valence-electron chi connectivity index (χ2n) is 9.08. The standard InChI is InChI=1S/C25H33Cl2N3O4S/c1-16(2)21-9-7-8-10-23(21)30(35(6,33)34)15-24(31)29(18(5)25(32)28-17(3)4)14-19-11-12-20(26)13-22(19)27/h7-13,16-18H,14-15H2,1-6H3,(H,28,32)/t18-/m1/s1. The van der Waals surface area contributed by atoms with Crippen LogP contribution in [0.4, 0.5) is 5.69 Å². The maximum Gasteiger partial charge on any atom is 0.244 e. The second kappa shape index (κ2) is 12.1. The Bertz CT molecular complexity index is 1170.